The molecule has 1 aromatic carbocycles. The molecule has 8 heteroatoms. The van der Waals surface area contributed by atoms with Gasteiger partial charge < -0.3 is 20.1 Å². The van der Waals surface area contributed by atoms with E-state index in [9.17, 15) is 14.4 Å². The molecule has 3 fully saturated rings. The van der Waals surface area contributed by atoms with Crippen molar-refractivity contribution < 1.29 is 29.7 Å². The van der Waals surface area contributed by atoms with Crippen LogP contribution in [-0.4, -0.2) is 42.6 Å². The van der Waals surface area contributed by atoms with E-state index in [1.54, 1.807) is 39.2 Å². The van der Waals surface area contributed by atoms with E-state index in [1.165, 1.54) is 43.2 Å². The molecule has 390 valence electrons. The number of nitrogens with zero attached hydrogens (tertiary/aromatic N) is 2. The molecule has 3 saturated carbocycles. The molecule has 0 radical (unpaired) electrons. The van der Waals surface area contributed by atoms with E-state index in [4.69, 9.17) is 15.3 Å². The Balaban J connectivity index is 0.000000421. The summed E-state index contributed by atoms with van der Waals surface area (Å²) in [6.45, 7) is 41.7. The van der Waals surface area contributed by atoms with Crippen LogP contribution < -0.4 is 0 Å². The van der Waals surface area contributed by atoms with Gasteiger partial charge in [-0.2, -0.15) is 0 Å². The van der Waals surface area contributed by atoms with Crippen LogP contribution in [0.15, 0.2) is 80.7 Å². The number of carbonyl (C=O) groups is 3. The van der Waals surface area contributed by atoms with Gasteiger partial charge in [0.05, 0.1) is 0 Å². The highest BCUT2D eigenvalue weighted by atomic mass is 16.3. The van der Waals surface area contributed by atoms with Crippen molar-refractivity contribution in [1.82, 2.24) is 9.97 Å². The van der Waals surface area contributed by atoms with Crippen LogP contribution in [0.1, 0.15) is 219 Å². The Morgan fingerprint density at radius 3 is 1.29 bits per heavy atom. The fraction of sp³-hybridized carbons (Fsp3) is 0.597. The Morgan fingerprint density at radius 2 is 0.957 bits per heavy atom. The van der Waals surface area contributed by atoms with E-state index in [-0.39, 0.29) is 17.3 Å². The Bertz CT molecular complexity index is 1870. The largest absolute Gasteiger partial charge is 0.508 e. The average Bonchev–Trinajstić information content (AvgIpc) is 3.79. The number of pyridine rings is 2. The van der Waals surface area contributed by atoms with E-state index < -0.39 is 0 Å². The third-order valence-corrected chi connectivity index (χ3v) is 14.5. The number of aliphatic hydroxyl groups is 3. The lowest BCUT2D eigenvalue weighted by atomic mass is 9.68. The Labute approximate surface area is 426 Å². The molecule has 0 bridgehead atoms. The standard InChI is InChI=1S/C12H22O.C11H14O.2C10H13NO.C10H18O.C9H16O/c1-9(2)12-6-4-11(5-7-12)8-10(3)13;1-8(2)10-4-6-11(7-5-10)9(3)12;1-7(2)10-5-4-9(6-11-10)8(3)12;1-7(2)9-4-5-10(8(3)12)11-6-9;1-7(2)9-4-5-10(6-9)8(3)11;1-6(2)8-4-9(5-8)7(3)10/h9,11-12H,4-8H2,1-3H3;4-8,12H,3H2,1-2H3;2*4-7,12H,3H2,1-2H3;7,9-10H,4-6H2,1-3H3;6,8-9H,4-5H2,1-3H3. The summed E-state index contributed by atoms with van der Waals surface area (Å²) in [5, 5.41) is 27.1. The summed E-state index contributed by atoms with van der Waals surface area (Å²) in [6.07, 6.45) is 15.3. The highest BCUT2D eigenvalue weighted by Crippen LogP contribution is 2.39. The molecule has 3 aliphatic rings. The van der Waals surface area contributed by atoms with Gasteiger partial charge >= 0.3 is 0 Å². The van der Waals surface area contributed by atoms with Gasteiger partial charge in [-0.1, -0.05) is 133 Å². The predicted octanol–water partition coefficient (Wildman–Crippen LogP) is 17.1. The van der Waals surface area contributed by atoms with Crippen LogP contribution in [-0.2, 0) is 14.4 Å². The van der Waals surface area contributed by atoms with Crippen molar-refractivity contribution in [3.63, 3.8) is 0 Å². The number of hydrogen-bond donors (Lipinski definition) is 3. The maximum atomic E-state index is 11.0. The van der Waals surface area contributed by atoms with Crippen LogP contribution in [0.4, 0.5) is 0 Å². The predicted molar refractivity (Wildman–Crippen MR) is 296 cm³/mol. The van der Waals surface area contributed by atoms with Gasteiger partial charge in [0.1, 0.15) is 40.3 Å². The number of aliphatic hydroxyl groups excluding tert-OH is 3. The maximum absolute atomic E-state index is 11.0. The normalized spacial score (nSPS) is 20.2. The summed E-state index contributed by atoms with van der Waals surface area (Å²) in [6, 6.07) is 15.3. The van der Waals surface area contributed by atoms with Crippen molar-refractivity contribution in [2.24, 2.45) is 53.3 Å². The number of benzene rings is 1. The summed E-state index contributed by atoms with van der Waals surface area (Å²) in [5.74, 6) is 9.22. The van der Waals surface area contributed by atoms with Crippen LogP contribution >= 0.6 is 0 Å². The van der Waals surface area contributed by atoms with Gasteiger partial charge in [0.25, 0.3) is 0 Å². The number of carbonyl (C=O) groups excluding carboxylic acids is 3. The molecule has 2 heterocycles. The Morgan fingerprint density at radius 1 is 0.500 bits per heavy atom. The van der Waals surface area contributed by atoms with Gasteiger partial charge in [0, 0.05) is 47.5 Å². The minimum atomic E-state index is 0.0188. The van der Waals surface area contributed by atoms with Crippen molar-refractivity contribution in [3.05, 3.63) is 114 Å². The number of aromatic nitrogens is 2. The van der Waals surface area contributed by atoms with Crippen LogP contribution in [0.2, 0.25) is 0 Å². The lowest BCUT2D eigenvalue weighted by Gasteiger charge is -2.36. The smallest absolute Gasteiger partial charge is 0.134 e. The van der Waals surface area contributed by atoms with Crippen LogP contribution in [0, 0.1) is 53.3 Å². The lowest BCUT2D eigenvalue weighted by Crippen LogP contribution is -2.31. The minimum absolute atomic E-state index is 0.0188. The summed E-state index contributed by atoms with van der Waals surface area (Å²) < 4.78 is 0. The molecule has 0 aliphatic heterocycles. The molecule has 6 rings (SSSR count). The van der Waals surface area contributed by atoms with E-state index >= 15 is 0 Å². The number of rotatable bonds is 13. The fourth-order valence-corrected chi connectivity index (χ4v) is 8.89. The molecular weight excluding hydrogens is 869 g/mol. The van der Waals surface area contributed by atoms with Crippen LogP contribution in [0.25, 0.3) is 17.3 Å². The minimum Gasteiger partial charge on any atom is -0.508 e. The van der Waals surface area contributed by atoms with Crippen molar-refractivity contribution in [1.29, 1.82) is 0 Å². The first kappa shape index (κ1) is 63.2. The van der Waals surface area contributed by atoms with Crippen LogP contribution in [0.3, 0.4) is 0 Å². The molecular formula is C62H96N2O6. The van der Waals surface area contributed by atoms with Gasteiger partial charge in [-0.15, -0.1) is 0 Å². The third-order valence-electron chi connectivity index (χ3n) is 14.5. The maximum Gasteiger partial charge on any atom is 0.134 e. The first-order valence-corrected chi connectivity index (χ1v) is 26.3. The average molecular weight is 965 g/mol. The number of hydrogen-bond acceptors (Lipinski definition) is 8. The fourth-order valence-electron chi connectivity index (χ4n) is 8.89. The molecule has 0 saturated heterocycles. The van der Waals surface area contributed by atoms with Gasteiger partial charge in [-0.05, 0) is 167 Å². The summed E-state index contributed by atoms with van der Waals surface area (Å²) >= 11 is 0. The van der Waals surface area contributed by atoms with Gasteiger partial charge in [0.2, 0.25) is 0 Å². The molecule has 8 nitrogen and oxygen atoms in total. The molecule has 2 atom stereocenters. The van der Waals surface area contributed by atoms with Gasteiger partial charge in [0.15, 0.2) is 0 Å². The monoisotopic (exact) mass is 965 g/mol. The first-order chi connectivity index (χ1) is 32.6. The summed E-state index contributed by atoms with van der Waals surface area (Å²) in [4.78, 5) is 41.0. The second kappa shape index (κ2) is 32.2. The van der Waals surface area contributed by atoms with E-state index in [1.807, 2.05) is 42.5 Å². The van der Waals surface area contributed by atoms with Gasteiger partial charge in [-0.25, -0.2) is 0 Å². The third kappa shape index (κ3) is 24.3. The molecule has 3 aliphatic carbocycles. The molecule has 2 aromatic heterocycles. The molecule has 2 unspecified atom stereocenters. The lowest BCUT2D eigenvalue weighted by molar-refractivity contribution is -0.125. The molecule has 3 N–H and O–H groups in total. The van der Waals surface area contributed by atoms with Crippen molar-refractivity contribution in [3.8, 4) is 0 Å². The summed E-state index contributed by atoms with van der Waals surface area (Å²) in [7, 11) is 0. The Hall–Kier alpha value is -4.85. The topological polar surface area (TPSA) is 138 Å². The van der Waals surface area contributed by atoms with E-state index in [2.05, 4.69) is 113 Å². The zero-order valence-electron chi connectivity index (χ0n) is 46.4. The van der Waals surface area contributed by atoms with E-state index in [0.29, 0.717) is 64.1 Å². The SMILES string of the molecule is C=C(O)c1ccc(C(C)C)cc1.C=C(O)c1ccc(C(C)C)cn1.C=C(O)c1ccc(C(C)C)nc1.CC(=O)C1CC(C(C)C)C1.CC(=O)C1CCC(C(C)C)C1.CC(=O)CC1CCC(C(C)C)CC1. The molecule has 0 amide bonds. The highest BCUT2D eigenvalue weighted by molar-refractivity contribution is 5.79. The number of Topliss-reactive ketones (excluding diaryl/α,β-unsaturated/α-hetero) is 3. The number of ketones is 3. The quantitative estimate of drug-likeness (QED) is 0.144. The molecule has 70 heavy (non-hydrogen) atoms. The van der Waals surface area contributed by atoms with Crippen molar-refractivity contribution in [2.75, 3.05) is 0 Å². The van der Waals surface area contributed by atoms with Gasteiger partial charge in [-0.3, -0.25) is 19.6 Å². The second-order valence-electron chi connectivity index (χ2n) is 22.2. The van der Waals surface area contributed by atoms with Crippen LogP contribution in [0.5, 0.6) is 0 Å². The van der Waals surface area contributed by atoms with E-state index in [0.717, 1.165) is 78.9 Å². The zero-order valence-corrected chi connectivity index (χ0v) is 46.4. The summed E-state index contributed by atoms with van der Waals surface area (Å²) in [5.41, 5.74) is 5.48. The second-order valence-corrected chi connectivity index (χ2v) is 22.2. The zero-order chi connectivity index (χ0) is 53.4. The Kier molecular flexibility index (Phi) is 29.0. The highest BCUT2D eigenvalue weighted by Gasteiger charge is 2.33. The molecule has 0 spiro atoms. The molecule has 3 aromatic rings. The first-order valence-electron chi connectivity index (χ1n) is 26.3. The van der Waals surface area contributed by atoms with Crippen molar-refractivity contribution in [2.45, 2.75) is 186 Å². The van der Waals surface area contributed by atoms with Crippen molar-refractivity contribution >= 4 is 34.6 Å².